The molecule has 2 aliphatic rings. The van der Waals surface area contributed by atoms with Gasteiger partial charge in [0.1, 0.15) is 11.9 Å². The zero-order valence-corrected chi connectivity index (χ0v) is 12.8. The molecule has 0 saturated carbocycles. The van der Waals surface area contributed by atoms with Crippen LogP contribution in [0, 0.1) is 12.7 Å². The number of carbonyl (C=O) groups is 2. The molecule has 8 nitrogen and oxygen atoms in total. The minimum atomic E-state index is -0.680. The summed E-state index contributed by atoms with van der Waals surface area (Å²) < 4.78 is 14.5. The van der Waals surface area contributed by atoms with Crippen molar-refractivity contribution in [2.45, 2.75) is 25.5 Å². The van der Waals surface area contributed by atoms with Crippen LogP contribution in [0.5, 0.6) is 0 Å². The molecule has 2 aromatic rings. The fraction of sp³-hybridized carbons (Fsp3) is 0.333. The molecule has 2 fully saturated rings. The molecule has 2 atom stereocenters. The van der Waals surface area contributed by atoms with Crippen LogP contribution in [0.25, 0.3) is 5.69 Å². The summed E-state index contributed by atoms with van der Waals surface area (Å²) in [5.74, 6) is -0.634. The lowest BCUT2D eigenvalue weighted by Gasteiger charge is -2.14. The first-order chi connectivity index (χ1) is 11.5. The van der Waals surface area contributed by atoms with Crippen LogP contribution >= 0.6 is 0 Å². The third-order valence-electron chi connectivity index (χ3n) is 4.37. The number of urea groups is 1. The average Bonchev–Trinajstić information content (AvgIpc) is 3.17. The fourth-order valence-electron chi connectivity index (χ4n) is 3.18. The van der Waals surface area contributed by atoms with Gasteiger partial charge in [0, 0.05) is 13.0 Å². The maximum Gasteiger partial charge on any atom is 0.333 e. The first-order valence-corrected chi connectivity index (χ1v) is 7.48. The van der Waals surface area contributed by atoms with Gasteiger partial charge in [-0.3, -0.25) is 4.79 Å². The maximum absolute atomic E-state index is 13.1. The molecule has 0 spiro atoms. The molecular formula is C15H14FN5O3. The van der Waals surface area contributed by atoms with Crippen molar-refractivity contribution in [1.82, 2.24) is 19.9 Å². The Bertz CT molecular complexity index is 810. The van der Waals surface area contributed by atoms with Crippen molar-refractivity contribution in [2.24, 2.45) is 0 Å². The number of imide groups is 1. The average molecular weight is 331 g/mol. The van der Waals surface area contributed by atoms with Crippen molar-refractivity contribution >= 4 is 17.8 Å². The van der Waals surface area contributed by atoms with E-state index >= 15 is 0 Å². The summed E-state index contributed by atoms with van der Waals surface area (Å²) in [6, 6.07) is 4.49. The van der Waals surface area contributed by atoms with Gasteiger partial charge in [-0.25, -0.2) is 18.8 Å². The van der Waals surface area contributed by atoms with Gasteiger partial charge in [0.25, 0.3) is 5.91 Å². The lowest BCUT2D eigenvalue weighted by Crippen LogP contribution is -2.35. The Morgan fingerprint density at radius 1 is 1.25 bits per heavy atom. The lowest BCUT2D eigenvalue weighted by molar-refractivity contribution is -0.119. The number of aromatic nitrogens is 3. The predicted molar refractivity (Wildman–Crippen MR) is 80.1 cm³/mol. The van der Waals surface area contributed by atoms with E-state index in [9.17, 15) is 19.1 Å². The van der Waals surface area contributed by atoms with Gasteiger partial charge in [0.15, 0.2) is 5.82 Å². The summed E-state index contributed by atoms with van der Waals surface area (Å²) in [6.07, 6.45) is -0.451. The van der Waals surface area contributed by atoms with Crippen molar-refractivity contribution in [3.05, 3.63) is 35.8 Å². The number of fused-ring (bicyclic) bond motifs is 1. The van der Waals surface area contributed by atoms with Crippen LogP contribution in [0.3, 0.4) is 0 Å². The summed E-state index contributed by atoms with van der Waals surface area (Å²) >= 11 is 0. The van der Waals surface area contributed by atoms with Crippen LogP contribution in [0.2, 0.25) is 0 Å². The molecule has 24 heavy (non-hydrogen) atoms. The SMILES string of the molecule is Cc1c(N2C(=O)[C@@H]3C[C@@H](O)CN3C2=O)nnn1-c1ccc(F)cc1. The molecule has 1 aromatic heterocycles. The number of rotatable bonds is 2. The molecule has 2 saturated heterocycles. The Balaban J connectivity index is 1.70. The Morgan fingerprint density at radius 2 is 1.96 bits per heavy atom. The van der Waals surface area contributed by atoms with Crippen molar-refractivity contribution in [3.63, 3.8) is 0 Å². The first kappa shape index (κ1) is 14.8. The summed E-state index contributed by atoms with van der Waals surface area (Å²) in [4.78, 5) is 27.3. The quantitative estimate of drug-likeness (QED) is 0.815. The van der Waals surface area contributed by atoms with E-state index in [2.05, 4.69) is 10.3 Å². The van der Waals surface area contributed by atoms with E-state index in [1.807, 2.05) is 0 Å². The summed E-state index contributed by atoms with van der Waals surface area (Å²) in [5.41, 5.74) is 1.06. The lowest BCUT2D eigenvalue weighted by atomic mass is 10.2. The smallest absolute Gasteiger partial charge is 0.333 e. The molecule has 3 amide bonds. The van der Waals surface area contributed by atoms with Gasteiger partial charge in [0.05, 0.1) is 17.5 Å². The van der Waals surface area contributed by atoms with E-state index in [0.717, 1.165) is 4.90 Å². The summed E-state index contributed by atoms with van der Waals surface area (Å²) in [7, 11) is 0. The standard InChI is InChI=1S/C15H14FN5O3/c1-8-13(17-18-21(8)10-4-2-9(16)3-5-10)20-14(23)12-6-11(22)7-19(12)15(20)24/h2-5,11-12,22H,6-7H2,1H3/t11-,12+/m1/s1. The van der Waals surface area contributed by atoms with Gasteiger partial charge in [-0.15, -0.1) is 5.10 Å². The number of anilines is 1. The highest BCUT2D eigenvalue weighted by molar-refractivity contribution is 6.21. The van der Waals surface area contributed by atoms with Crippen LogP contribution in [-0.2, 0) is 4.79 Å². The van der Waals surface area contributed by atoms with Crippen LogP contribution in [0.4, 0.5) is 15.0 Å². The van der Waals surface area contributed by atoms with Gasteiger partial charge in [-0.05, 0) is 31.2 Å². The van der Waals surface area contributed by atoms with Gasteiger partial charge in [-0.1, -0.05) is 5.21 Å². The van der Waals surface area contributed by atoms with E-state index in [0.29, 0.717) is 11.4 Å². The highest BCUT2D eigenvalue weighted by Gasteiger charge is 2.52. The van der Waals surface area contributed by atoms with E-state index < -0.39 is 24.1 Å². The molecule has 1 N–H and O–H groups in total. The van der Waals surface area contributed by atoms with Crippen molar-refractivity contribution < 1.29 is 19.1 Å². The molecular weight excluding hydrogens is 317 g/mol. The first-order valence-electron chi connectivity index (χ1n) is 7.48. The van der Waals surface area contributed by atoms with E-state index in [1.165, 1.54) is 33.8 Å². The van der Waals surface area contributed by atoms with Crippen LogP contribution in [0.15, 0.2) is 24.3 Å². The molecule has 3 heterocycles. The van der Waals surface area contributed by atoms with Crippen molar-refractivity contribution in [2.75, 3.05) is 11.4 Å². The molecule has 1 aromatic carbocycles. The van der Waals surface area contributed by atoms with Crippen LogP contribution in [0.1, 0.15) is 12.1 Å². The van der Waals surface area contributed by atoms with E-state index in [4.69, 9.17) is 0 Å². The monoisotopic (exact) mass is 331 g/mol. The number of aliphatic hydroxyl groups is 1. The Kier molecular flexibility index (Phi) is 3.14. The fourth-order valence-corrected chi connectivity index (χ4v) is 3.18. The van der Waals surface area contributed by atoms with Crippen LogP contribution in [-0.4, -0.2) is 55.6 Å². The van der Waals surface area contributed by atoms with Gasteiger partial charge >= 0.3 is 6.03 Å². The van der Waals surface area contributed by atoms with Crippen molar-refractivity contribution in [1.29, 1.82) is 0 Å². The number of carbonyl (C=O) groups excluding carboxylic acids is 2. The second-order valence-corrected chi connectivity index (χ2v) is 5.90. The highest BCUT2D eigenvalue weighted by Crippen LogP contribution is 2.32. The Labute approximate surface area is 136 Å². The van der Waals surface area contributed by atoms with Crippen LogP contribution < -0.4 is 4.90 Å². The Hall–Kier alpha value is -2.81. The molecule has 0 aliphatic carbocycles. The number of hydrogen-bond donors (Lipinski definition) is 1. The number of hydrogen-bond acceptors (Lipinski definition) is 5. The zero-order chi connectivity index (χ0) is 17.0. The summed E-state index contributed by atoms with van der Waals surface area (Å²) in [6.45, 7) is 1.81. The summed E-state index contributed by atoms with van der Waals surface area (Å²) in [5, 5.41) is 17.6. The van der Waals surface area contributed by atoms with Gasteiger partial charge in [-0.2, -0.15) is 0 Å². The second kappa shape index (κ2) is 5.10. The predicted octanol–water partition coefficient (Wildman–Crippen LogP) is 0.617. The molecule has 9 heteroatoms. The molecule has 0 radical (unpaired) electrons. The minimum absolute atomic E-state index is 0.136. The molecule has 4 rings (SSSR count). The number of aliphatic hydroxyl groups excluding tert-OH is 1. The van der Waals surface area contributed by atoms with Crippen molar-refractivity contribution in [3.8, 4) is 5.69 Å². The normalized spacial score (nSPS) is 23.3. The highest BCUT2D eigenvalue weighted by atomic mass is 19.1. The maximum atomic E-state index is 13.1. The zero-order valence-electron chi connectivity index (χ0n) is 12.8. The third kappa shape index (κ3) is 2.01. The third-order valence-corrected chi connectivity index (χ3v) is 4.37. The number of halogens is 1. The molecule has 2 aliphatic heterocycles. The second-order valence-electron chi connectivity index (χ2n) is 5.90. The molecule has 0 bridgehead atoms. The molecule has 0 unspecified atom stereocenters. The van der Waals surface area contributed by atoms with Gasteiger partial charge < -0.3 is 10.0 Å². The van der Waals surface area contributed by atoms with E-state index in [-0.39, 0.29) is 24.6 Å². The largest absolute Gasteiger partial charge is 0.391 e. The number of nitrogens with zero attached hydrogens (tertiary/aromatic N) is 5. The van der Waals surface area contributed by atoms with E-state index in [1.54, 1.807) is 6.92 Å². The Morgan fingerprint density at radius 3 is 2.62 bits per heavy atom. The van der Waals surface area contributed by atoms with Gasteiger partial charge in [0.2, 0.25) is 0 Å². The number of amides is 3. The minimum Gasteiger partial charge on any atom is -0.391 e. The molecule has 124 valence electrons. The topological polar surface area (TPSA) is 91.6 Å². The number of benzene rings is 1.